The summed E-state index contributed by atoms with van der Waals surface area (Å²) in [5.74, 6) is 0.747. The summed E-state index contributed by atoms with van der Waals surface area (Å²) >= 11 is 5.84. The maximum absolute atomic E-state index is 5.84. The van der Waals surface area contributed by atoms with Crippen LogP contribution in [0.15, 0.2) is 48.5 Å². The normalized spacial score (nSPS) is 12.5. The Balaban J connectivity index is 1.87. The molecule has 0 saturated heterocycles. The van der Waals surface area contributed by atoms with Crippen LogP contribution in [0, 0.1) is 0 Å². The third-order valence-electron chi connectivity index (χ3n) is 2.84. The van der Waals surface area contributed by atoms with Crippen LogP contribution in [0.25, 0.3) is 11.0 Å². The fraction of sp³-hybridized carbons (Fsp3) is 0.143. The molecular weight excluding hydrogens is 262 g/mol. The second-order valence-corrected chi connectivity index (χ2v) is 4.63. The third-order valence-corrected chi connectivity index (χ3v) is 3.09. The largest absolute Gasteiger partial charge is 0.469 e. The van der Waals surface area contributed by atoms with Gasteiger partial charge >= 0.3 is 0 Å². The molecule has 0 spiro atoms. The predicted octanol–water partition coefficient (Wildman–Crippen LogP) is 3.68. The van der Waals surface area contributed by atoms with Crippen LogP contribution >= 0.6 is 11.6 Å². The summed E-state index contributed by atoms with van der Waals surface area (Å²) in [6.07, 6.45) is -0.242. The molecule has 0 bridgehead atoms. The van der Waals surface area contributed by atoms with Gasteiger partial charge in [0, 0.05) is 5.02 Å². The highest BCUT2D eigenvalue weighted by molar-refractivity contribution is 6.30. The molecule has 1 heterocycles. The Kier molecular flexibility index (Phi) is 3.09. The Morgan fingerprint density at radius 3 is 2.63 bits per heavy atom. The lowest BCUT2D eigenvalue weighted by Crippen LogP contribution is -2.13. The lowest BCUT2D eigenvalue weighted by molar-refractivity contribution is 0.140. The van der Waals surface area contributed by atoms with Crippen molar-refractivity contribution in [1.82, 2.24) is 15.0 Å². The van der Waals surface area contributed by atoms with Gasteiger partial charge in [-0.3, -0.25) is 0 Å². The summed E-state index contributed by atoms with van der Waals surface area (Å²) in [6, 6.07) is 15.0. The number of ether oxygens (including phenoxy) is 1. The van der Waals surface area contributed by atoms with E-state index in [0.29, 0.717) is 5.02 Å². The number of halogens is 1. The molecule has 0 fully saturated rings. The van der Waals surface area contributed by atoms with Gasteiger partial charge in [-0.05, 0) is 43.3 Å². The number of hydrogen-bond acceptors (Lipinski definition) is 3. The fourth-order valence-corrected chi connectivity index (χ4v) is 2.04. The average Bonchev–Trinajstić information content (AvgIpc) is 2.85. The van der Waals surface area contributed by atoms with Crippen molar-refractivity contribution in [2.75, 3.05) is 0 Å². The van der Waals surface area contributed by atoms with Crippen molar-refractivity contribution >= 4 is 22.6 Å². The first-order valence-corrected chi connectivity index (χ1v) is 6.34. The van der Waals surface area contributed by atoms with Crippen LogP contribution in [0.3, 0.4) is 0 Å². The Morgan fingerprint density at radius 2 is 1.84 bits per heavy atom. The molecular formula is C14H12ClN3O. The minimum atomic E-state index is -0.242. The first kappa shape index (κ1) is 12.0. The van der Waals surface area contributed by atoms with E-state index in [1.165, 1.54) is 0 Å². The summed E-state index contributed by atoms with van der Waals surface area (Å²) in [6.45, 7) is 1.93. The lowest BCUT2D eigenvalue weighted by atomic mass is 10.3. The Morgan fingerprint density at radius 1 is 1.11 bits per heavy atom. The molecule has 5 heteroatoms. The zero-order valence-corrected chi connectivity index (χ0v) is 11.1. The molecule has 19 heavy (non-hydrogen) atoms. The van der Waals surface area contributed by atoms with Gasteiger partial charge in [-0.1, -0.05) is 28.9 Å². The second-order valence-electron chi connectivity index (χ2n) is 4.19. The zero-order chi connectivity index (χ0) is 13.2. The fourth-order valence-electron chi connectivity index (χ4n) is 1.92. The Bertz CT molecular complexity index is 693. The van der Waals surface area contributed by atoms with E-state index in [0.717, 1.165) is 16.8 Å². The quantitative estimate of drug-likeness (QED) is 0.731. The van der Waals surface area contributed by atoms with Gasteiger partial charge in [0.1, 0.15) is 11.3 Å². The van der Waals surface area contributed by atoms with E-state index < -0.39 is 0 Å². The van der Waals surface area contributed by atoms with Crippen molar-refractivity contribution < 1.29 is 4.74 Å². The zero-order valence-electron chi connectivity index (χ0n) is 10.3. The lowest BCUT2D eigenvalue weighted by Gasteiger charge is -2.15. The first-order valence-electron chi connectivity index (χ1n) is 5.96. The molecule has 0 radical (unpaired) electrons. The number of hydrogen-bond donors (Lipinski definition) is 0. The van der Waals surface area contributed by atoms with Crippen molar-refractivity contribution in [3.63, 3.8) is 0 Å². The molecule has 3 rings (SSSR count). The van der Waals surface area contributed by atoms with Crippen LogP contribution in [0.2, 0.25) is 5.02 Å². The number of rotatable bonds is 3. The van der Waals surface area contributed by atoms with Crippen molar-refractivity contribution in [2.45, 2.75) is 13.2 Å². The summed E-state index contributed by atoms with van der Waals surface area (Å²) in [7, 11) is 0. The Hall–Kier alpha value is -2.07. The minimum Gasteiger partial charge on any atom is -0.469 e. The molecule has 96 valence electrons. The molecule has 2 aromatic carbocycles. The molecule has 3 aromatic rings. The maximum Gasteiger partial charge on any atom is 0.191 e. The Labute approximate surface area is 115 Å². The molecule has 0 saturated carbocycles. The van der Waals surface area contributed by atoms with E-state index in [1.807, 2.05) is 43.3 Å². The number of nitrogens with zero attached hydrogens (tertiary/aromatic N) is 3. The minimum absolute atomic E-state index is 0.242. The predicted molar refractivity (Wildman–Crippen MR) is 74.3 cm³/mol. The van der Waals surface area contributed by atoms with Crippen LogP contribution in [-0.4, -0.2) is 15.0 Å². The molecule has 4 nitrogen and oxygen atoms in total. The van der Waals surface area contributed by atoms with Crippen molar-refractivity contribution in [1.29, 1.82) is 0 Å². The van der Waals surface area contributed by atoms with E-state index in [-0.39, 0.29) is 6.23 Å². The standard InChI is InChI=1S/C14H12ClN3O/c1-10(19-12-8-6-11(15)7-9-12)18-14-5-3-2-4-13(14)16-17-18/h2-10H,1H3. The highest BCUT2D eigenvalue weighted by Crippen LogP contribution is 2.21. The van der Waals surface area contributed by atoms with Gasteiger partial charge in [0.2, 0.25) is 0 Å². The van der Waals surface area contributed by atoms with Crippen LogP contribution in [0.5, 0.6) is 5.75 Å². The highest BCUT2D eigenvalue weighted by Gasteiger charge is 2.11. The number of para-hydroxylation sites is 1. The van der Waals surface area contributed by atoms with Crippen LogP contribution < -0.4 is 4.74 Å². The van der Waals surface area contributed by atoms with E-state index in [2.05, 4.69) is 10.3 Å². The molecule has 1 unspecified atom stereocenters. The van der Waals surface area contributed by atoms with Crippen LogP contribution in [-0.2, 0) is 0 Å². The van der Waals surface area contributed by atoms with Crippen molar-refractivity contribution in [3.8, 4) is 5.75 Å². The summed E-state index contributed by atoms with van der Waals surface area (Å²) in [5.41, 5.74) is 1.80. The maximum atomic E-state index is 5.84. The second kappa shape index (κ2) is 4.90. The van der Waals surface area contributed by atoms with Crippen LogP contribution in [0.1, 0.15) is 13.2 Å². The van der Waals surface area contributed by atoms with E-state index in [4.69, 9.17) is 16.3 Å². The summed E-state index contributed by atoms with van der Waals surface area (Å²) in [5, 5.41) is 8.92. The van der Waals surface area contributed by atoms with E-state index >= 15 is 0 Å². The molecule has 0 N–H and O–H groups in total. The van der Waals surface area contributed by atoms with Crippen molar-refractivity contribution in [3.05, 3.63) is 53.6 Å². The van der Waals surface area contributed by atoms with Gasteiger partial charge in [0.25, 0.3) is 0 Å². The molecule has 0 aliphatic heterocycles. The number of aromatic nitrogens is 3. The third kappa shape index (κ3) is 2.39. The van der Waals surface area contributed by atoms with Gasteiger partial charge in [-0.15, -0.1) is 5.10 Å². The molecule has 0 aliphatic carbocycles. The summed E-state index contributed by atoms with van der Waals surface area (Å²) in [4.78, 5) is 0. The smallest absolute Gasteiger partial charge is 0.191 e. The molecule has 1 aromatic heterocycles. The van der Waals surface area contributed by atoms with E-state index in [9.17, 15) is 0 Å². The van der Waals surface area contributed by atoms with E-state index in [1.54, 1.807) is 16.8 Å². The SMILES string of the molecule is CC(Oc1ccc(Cl)cc1)n1nnc2ccccc21. The van der Waals surface area contributed by atoms with Gasteiger partial charge in [-0.25, -0.2) is 4.68 Å². The van der Waals surface area contributed by atoms with Gasteiger partial charge < -0.3 is 4.74 Å². The average molecular weight is 274 g/mol. The van der Waals surface area contributed by atoms with Gasteiger partial charge in [0.05, 0.1) is 5.52 Å². The number of fused-ring (bicyclic) bond motifs is 1. The molecule has 1 atom stereocenters. The first-order chi connectivity index (χ1) is 9.24. The monoisotopic (exact) mass is 273 g/mol. The van der Waals surface area contributed by atoms with Crippen LogP contribution in [0.4, 0.5) is 0 Å². The van der Waals surface area contributed by atoms with Gasteiger partial charge in [-0.2, -0.15) is 0 Å². The molecule has 0 aliphatic rings. The highest BCUT2D eigenvalue weighted by atomic mass is 35.5. The topological polar surface area (TPSA) is 39.9 Å². The summed E-state index contributed by atoms with van der Waals surface area (Å²) < 4.78 is 7.58. The van der Waals surface area contributed by atoms with Crippen molar-refractivity contribution in [2.24, 2.45) is 0 Å². The molecule has 0 amide bonds. The number of benzene rings is 2. The van der Waals surface area contributed by atoms with Gasteiger partial charge in [0.15, 0.2) is 6.23 Å².